The number of likely N-dealkylation sites (tertiary alicyclic amines) is 1. The third kappa shape index (κ3) is 3.23. The Morgan fingerprint density at radius 3 is 2.97 bits per heavy atom. The standard InChI is InChI=1S/C25H30N4O2/c30-23(16-29-25(31)21-8-2-1-6-18(21)14-26-29)28-11-5-7-17-12-19-13-20(24(17)28)15-27-10-4-3-9-22(19)27/h1-2,6,8,12,14,19-20,22,24H,3-5,7,9-11,13,15-16H2/t19-,20-,22+,24-/m0/s1. The summed E-state index contributed by atoms with van der Waals surface area (Å²) in [5, 5.41) is 5.73. The molecule has 1 aromatic heterocycles. The third-order valence-corrected chi connectivity index (χ3v) is 8.02. The van der Waals surface area contributed by atoms with E-state index in [9.17, 15) is 9.59 Å². The molecule has 6 rings (SSSR count). The molecule has 3 saturated heterocycles. The molecule has 0 N–H and O–H groups in total. The summed E-state index contributed by atoms with van der Waals surface area (Å²) >= 11 is 0. The van der Waals surface area contributed by atoms with Gasteiger partial charge in [-0.1, -0.05) is 36.3 Å². The van der Waals surface area contributed by atoms with Crippen molar-refractivity contribution in [3.8, 4) is 0 Å². The van der Waals surface area contributed by atoms with Gasteiger partial charge in [0.25, 0.3) is 5.56 Å². The summed E-state index contributed by atoms with van der Waals surface area (Å²) in [7, 11) is 0. The second-order valence-corrected chi connectivity index (χ2v) is 9.79. The van der Waals surface area contributed by atoms with Gasteiger partial charge in [0, 0.05) is 24.5 Å². The average Bonchev–Trinajstić information content (AvgIpc) is 2.81. The summed E-state index contributed by atoms with van der Waals surface area (Å²) in [5.74, 6) is 1.20. The first-order valence-electron chi connectivity index (χ1n) is 11.9. The third-order valence-electron chi connectivity index (χ3n) is 8.02. The molecule has 1 aromatic carbocycles. The van der Waals surface area contributed by atoms with Gasteiger partial charge in [0.15, 0.2) is 0 Å². The van der Waals surface area contributed by atoms with Crippen LogP contribution in [0.1, 0.15) is 38.5 Å². The number of benzene rings is 1. The normalized spacial score (nSPS) is 30.5. The minimum Gasteiger partial charge on any atom is -0.334 e. The van der Waals surface area contributed by atoms with Crippen LogP contribution >= 0.6 is 0 Å². The van der Waals surface area contributed by atoms with Gasteiger partial charge in [-0.05, 0) is 56.6 Å². The Bertz CT molecular complexity index is 1110. The molecule has 3 aliphatic heterocycles. The highest BCUT2D eigenvalue weighted by Gasteiger charge is 2.46. The van der Waals surface area contributed by atoms with E-state index in [2.05, 4.69) is 21.0 Å². The van der Waals surface area contributed by atoms with Crippen LogP contribution in [0.15, 0.2) is 46.9 Å². The number of amides is 1. The number of nitrogens with zero attached hydrogens (tertiary/aromatic N) is 4. The maximum Gasteiger partial charge on any atom is 0.275 e. The Balaban J connectivity index is 1.28. The molecule has 1 amide bonds. The molecule has 2 bridgehead atoms. The van der Waals surface area contributed by atoms with Gasteiger partial charge in [-0.3, -0.25) is 14.5 Å². The van der Waals surface area contributed by atoms with Gasteiger partial charge in [-0.25, -0.2) is 4.68 Å². The molecule has 4 heterocycles. The molecule has 31 heavy (non-hydrogen) atoms. The lowest BCUT2D eigenvalue weighted by Gasteiger charge is -2.54. The quantitative estimate of drug-likeness (QED) is 0.704. The zero-order valence-corrected chi connectivity index (χ0v) is 17.9. The molecule has 6 heteroatoms. The summed E-state index contributed by atoms with van der Waals surface area (Å²) in [6, 6.07) is 8.36. The topological polar surface area (TPSA) is 58.4 Å². The fraction of sp³-hybridized carbons (Fsp3) is 0.560. The zero-order valence-electron chi connectivity index (χ0n) is 17.9. The first-order valence-corrected chi connectivity index (χ1v) is 11.9. The van der Waals surface area contributed by atoms with Crippen molar-refractivity contribution in [2.45, 2.75) is 57.2 Å². The highest BCUT2D eigenvalue weighted by molar-refractivity contribution is 5.81. The first-order chi connectivity index (χ1) is 15.2. The summed E-state index contributed by atoms with van der Waals surface area (Å²) in [4.78, 5) is 31.1. The van der Waals surface area contributed by atoms with Crippen LogP contribution in [-0.2, 0) is 11.3 Å². The molecule has 0 saturated carbocycles. The van der Waals surface area contributed by atoms with Crippen molar-refractivity contribution in [2.24, 2.45) is 11.8 Å². The number of aromatic nitrogens is 2. The molecule has 6 nitrogen and oxygen atoms in total. The van der Waals surface area contributed by atoms with E-state index < -0.39 is 0 Å². The van der Waals surface area contributed by atoms with Gasteiger partial charge in [-0.2, -0.15) is 5.10 Å². The lowest BCUT2D eigenvalue weighted by atomic mass is 9.68. The van der Waals surface area contributed by atoms with Crippen molar-refractivity contribution in [1.82, 2.24) is 19.6 Å². The van der Waals surface area contributed by atoms with E-state index in [1.165, 1.54) is 42.5 Å². The molecule has 4 atom stereocenters. The lowest BCUT2D eigenvalue weighted by molar-refractivity contribution is -0.137. The van der Waals surface area contributed by atoms with Crippen LogP contribution in [0.2, 0.25) is 0 Å². The second kappa shape index (κ2) is 7.59. The Labute approximate surface area is 182 Å². The molecule has 3 fully saturated rings. The molecule has 2 aromatic rings. The van der Waals surface area contributed by atoms with Gasteiger partial charge < -0.3 is 4.90 Å². The lowest BCUT2D eigenvalue weighted by Crippen LogP contribution is -2.60. The van der Waals surface area contributed by atoms with E-state index >= 15 is 0 Å². The Morgan fingerprint density at radius 1 is 1.13 bits per heavy atom. The summed E-state index contributed by atoms with van der Waals surface area (Å²) in [6.45, 7) is 3.13. The Kier molecular flexibility index (Phi) is 4.71. The maximum atomic E-state index is 13.4. The second-order valence-electron chi connectivity index (χ2n) is 9.79. The van der Waals surface area contributed by atoms with Gasteiger partial charge in [0.05, 0.1) is 17.6 Å². The van der Waals surface area contributed by atoms with Crippen molar-refractivity contribution in [3.63, 3.8) is 0 Å². The van der Waals surface area contributed by atoms with E-state index in [-0.39, 0.29) is 24.1 Å². The summed E-state index contributed by atoms with van der Waals surface area (Å²) in [5.41, 5.74) is 1.29. The minimum absolute atomic E-state index is 0.0237. The predicted molar refractivity (Wildman–Crippen MR) is 120 cm³/mol. The summed E-state index contributed by atoms with van der Waals surface area (Å²) in [6.07, 6.45) is 11.5. The predicted octanol–water partition coefficient (Wildman–Crippen LogP) is 2.82. The number of hydrogen-bond donors (Lipinski definition) is 0. The van der Waals surface area contributed by atoms with E-state index in [1.54, 1.807) is 12.3 Å². The van der Waals surface area contributed by atoms with Crippen molar-refractivity contribution >= 4 is 16.7 Å². The van der Waals surface area contributed by atoms with Gasteiger partial charge >= 0.3 is 0 Å². The Hall–Kier alpha value is -2.47. The van der Waals surface area contributed by atoms with Crippen molar-refractivity contribution in [3.05, 3.63) is 52.5 Å². The van der Waals surface area contributed by atoms with Crippen molar-refractivity contribution in [2.75, 3.05) is 19.6 Å². The van der Waals surface area contributed by atoms with Crippen molar-refractivity contribution in [1.29, 1.82) is 0 Å². The molecular formula is C25H30N4O2. The molecule has 162 valence electrons. The molecule has 0 spiro atoms. The monoisotopic (exact) mass is 418 g/mol. The van der Waals surface area contributed by atoms with E-state index in [4.69, 9.17) is 0 Å². The molecular weight excluding hydrogens is 388 g/mol. The minimum atomic E-state index is -0.184. The highest BCUT2D eigenvalue weighted by atomic mass is 16.2. The Morgan fingerprint density at radius 2 is 2.03 bits per heavy atom. The number of carbonyl (C=O) groups excluding carboxylic acids is 1. The molecule has 4 aliphatic rings. The van der Waals surface area contributed by atoms with E-state index in [0.29, 0.717) is 23.3 Å². The van der Waals surface area contributed by atoms with Crippen LogP contribution in [-0.4, -0.2) is 57.2 Å². The maximum absolute atomic E-state index is 13.4. The van der Waals surface area contributed by atoms with Gasteiger partial charge in [0.2, 0.25) is 5.91 Å². The zero-order chi connectivity index (χ0) is 20.9. The fourth-order valence-electron chi connectivity index (χ4n) is 6.71. The van der Waals surface area contributed by atoms with Crippen LogP contribution in [0.4, 0.5) is 0 Å². The van der Waals surface area contributed by atoms with E-state index in [1.807, 2.05) is 18.2 Å². The van der Waals surface area contributed by atoms with Crippen LogP contribution in [0.5, 0.6) is 0 Å². The average molecular weight is 419 g/mol. The number of fused-ring (bicyclic) bond motifs is 7. The summed E-state index contributed by atoms with van der Waals surface area (Å²) < 4.78 is 1.34. The molecule has 1 aliphatic carbocycles. The first kappa shape index (κ1) is 19.2. The van der Waals surface area contributed by atoms with Crippen LogP contribution in [0.3, 0.4) is 0 Å². The van der Waals surface area contributed by atoms with Crippen LogP contribution in [0, 0.1) is 11.8 Å². The van der Waals surface area contributed by atoms with E-state index in [0.717, 1.165) is 31.3 Å². The van der Waals surface area contributed by atoms with Crippen LogP contribution < -0.4 is 5.56 Å². The number of carbonyl (C=O) groups is 1. The highest BCUT2D eigenvalue weighted by Crippen LogP contribution is 2.45. The largest absolute Gasteiger partial charge is 0.334 e. The number of hydrogen-bond acceptors (Lipinski definition) is 4. The molecule has 0 unspecified atom stereocenters. The smallest absolute Gasteiger partial charge is 0.275 e. The SMILES string of the molecule is O=C(Cn1ncc2ccccc2c1=O)N1CCCC2=C[C@H]3C[C@@H](CN4CCCC[C@H]34)[C@H]21. The van der Waals surface area contributed by atoms with Crippen molar-refractivity contribution < 1.29 is 4.79 Å². The van der Waals surface area contributed by atoms with Gasteiger partial charge in [0.1, 0.15) is 6.54 Å². The number of piperidine rings is 3. The fourth-order valence-corrected chi connectivity index (χ4v) is 6.71. The van der Waals surface area contributed by atoms with Gasteiger partial charge in [-0.15, -0.1) is 0 Å². The number of rotatable bonds is 2. The molecule has 0 radical (unpaired) electrons. The van der Waals surface area contributed by atoms with Crippen LogP contribution in [0.25, 0.3) is 10.8 Å².